The summed E-state index contributed by atoms with van der Waals surface area (Å²) in [5.74, 6) is 1.78. The summed E-state index contributed by atoms with van der Waals surface area (Å²) in [5, 5.41) is 6.89. The van der Waals surface area contributed by atoms with Gasteiger partial charge in [-0.05, 0) is 31.9 Å². The van der Waals surface area contributed by atoms with Crippen molar-refractivity contribution < 1.29 is 23.1 Å². The lowest BCUT2D eigenvalue weighted by Crippen LogP contribution is -2.35. The van der Waals surface area contributed by atoms with Crippen LogP contribution in [0.1, 0.15) is 35.8 Å². The van der Waals surface area contributed by atoms with Crippen LogP contribution in [0.15, 0.2) is 24.5 Å². The lowest BCUT2D eigenvalue weighted by atomic mass is 9.97. The maximum Gasteiger partial charge on any atom is 0.417 e. The molecule has 0 radical (unpaired) electrons. The molecule has 0 aliphatic carbocycles. The van der Waals surface area contributed by atoms with Gasteiger partial charge in [0.1, 0.15) is 11.6 Å². The van der Waals surface area contributed by atoms with E-state index < -0.39 is 11.7 Å². The molecule has 2 aromatic heterocycles. The highest BCUT2D eigenvalue weighted by atomic mass is 19.4. The van der Waals surface area contributed by atoms with Crippen molar-refractivity contribution in [2.75, 3.05) is 18.0 Å². The number of hydrogen-bond acceptors (Lipinski definition) is 4. The molecule has 136 valence electrons. The van der Waals surface area contributed by atoms with E-state index in [0.29, 0.717) is 12.4 Å². The number of piperidine rings is 1. The number of aromatic amines is 1. The third-order valence-electron chi connectivity index (χ3n) is 3.93. The van der Waals surface area contributed by atoms with E-state index in [2.05, 4.69) is 15.0 Å². The van der Waals surface area contributed by atoms with Gasteiger partial charge in [-0.1, -0.05) is 0 Å². The fraction of sp³-hybridized carbons (Fsp3) is 0.438. The minimum atomic E-state index is -4.35. The van der Waals surface area contributed by atoms with E-state index in [-0.39, 0.29) is 12.4 Å². The molecule has 0 spiro atoms. The summed E-state index contributed by atoms with van der Waals surface area (Å²) in [6, 6.07) is 2.53. The van der Waals surface area contributed by atoms with Gasteiger partial charge in [0.2, 0.25) is 0 Å². The highest BCUT2D eigenvalue weighted by Gasteiger charge is 2.31. The first-order valence-electron chi connectivity index (χ1n) is 7.72. The molecular formula is C16H19F3N4O2. The number of carbonyl (C=O) groups is 1. The summed E-state index contributed by atoms with van der Waals surface area (Å²) in [6.45, 7) is 3.22. The number of nitrogens with one attached hydrogen (secondary N) is 1. The van der Waals surface area contributed by atoms with Crippen molar-refractivity contribution in [1.29, 1.82) is 0 Å². The molecule has 0 amide bonds. The maximum absolute atomic E-state index is 12.6. The topological polar surface area (TPSA) is 82.1 Å². The van der Waals surface area contributed by atoms with E-state index in [1.807, 2.05) is 11.8 Å². The summed E-state index contributed by atoms with van der Waals surface area (Å²) in [7, 11) is 0. The Labute approximate surface area is 142 Å². The Kier molecular flexibility index (Phi) is 6.00. The van der Waals surface area contributed by atoms with Crippen LogP contribution in [0.4, 0.5) is 19.0 Å². The molecule has 0 aromatic carbocycles. The number of aryl methyl sites for hydroxylation is 1. The second-order valence-corrected chi connectivity index (χ2v) is 5.74. The lowest BCUT2D eigenvalue weighted by Gasteiger charge is -2.32. The van der Waals surface area contributed by atoms with E-state index in [0.717, 1.165) is 43.2 Å². The van der Waals surface area contributed by atoms with Crippen LogP contribution in [0, 0.1) is 6.92 Å². The number of imidazole rings is 1. The zero-order valence-corrected chi connectivity index (χ0v) is 13.6. The van der Waals surface area contributed by atoms with Gasteiger partial charge < -0.3 is 15.0 Å². The van der Waals surface area contributed by atoms with Gasteiger partial charge in [-0.15, -0.1) is 0 Å². The summed E-state index contributed by atoms with van der Waals surface area (Å²) in [4.78, 5) is 22.0. The fourth-order valence-electron chi connectivity index (χ4n) is 2.79. The first-order chi connectivity index (χ1) is 11.8. The smallest absolute Gasteiger partial charge is 0.417 e. The molecule has 1 unspecified atom stereocenters. The minimum absolute atomic E-state index is 0.250. The van der Waals surface area contributed by atoms with Crippen molar-refractivity contribution in [3.05, 3.63) is 41.6 Å². The molecule has 1 saturated heterocycles. The average molecular weight is 356 g/mol. The largest absolute Gasteiger partial charge is 0.483 e. The molecule has 1 aliphatic rings. The fourth-order valence-corrected chi connectivity index (χ4v) is 2.79. The van der Waals surface area contributed by atoms with Crippen LogP contribution in [0.25, 0.3) is 0 Å². The number of pyridine rings is 1. The van der Waals surface area contributed by atoms with Gasteiger partial charge in [-0.25, -0.2) is 9.97 Å². The first kappa shape index (κ1) is 18.8. The van der Waals surface area contributed by atoms with Crippen molar-refractivity contribution in [2.45, 2.75) is 31.9 Å². The lowest BCUT2D eigenvalue weighted by molar-refractivity contribution is -0.137. The standard InChI is InChI=1S/C15H17F3N4.CH2O2/c1-10-7-20-14(21-10)11-3-2-6-22(9-11)13-5-4-12(8-19-13)15(16,17)18;2-1-3/h4-5,7-8,11H,2-3,6,9H2,1H3,(H,20,21);1H,(H,2,3). The number of H-pyrrole nitrogens is 1. The Bertz CT molecular complexity index is 685. The van der Waals surface area contributed by atoms with E-state index in [9.17, 15) is 13.2 Å². The van der Waals surface area contributed by atoms with Crippen molar-refractivity contribution in [2.24, 2.45) is 0 Å². The Balaban J connectivity index is 0.000000701. The SMILES string of the molecule is Cc1cnc(C2CCCN(c3ccc(C(F)(F)F)cn3)C2)[nH]1.O=CO. The first-order valence-corrected chi connectivity index (χ1v) is 7.72. The van der Waals surface area contributed by atoms with Crippen LogP contribution in [0.3, 0.4) is 0 Å². The Hall–Kier alpha value is -2.58. The van der Waals surface area contributed by atoms with E-state index in [4.69, 9.17) is 9.90 Å². The number of halogens is 3. The van der Waals surface area contributed by atoms with Crippen molar-refractivity contribution in [1.82, 2.24) is 15.0 Å². The third kappa shape index (κ3) is 4.94. The molecule has 2 aromatic rings. The minimum Gasteiger partial charge on any atom is -0.483 e. The quantitative estimate of drug-likeness (QED) is 0.808. The number of aromatic nitrogens is 3. The molecule has 1 atom stereocenters. The molecule has 0 bridgehead atoms. The molecule has 1 aliphatic heterocycles. The summed E-state index contributed by atoms with van der Waals surface area (Å²) >= 11 is 0. The third-order valence-corrected chi connectivity index (χ3v) is 3.93. The number of carboxylic acid groups (broad SMARTS) is 1. The van der Waals surface area contributed by atoms with Gasteiger partial charge in [0.05, 0.1) is 5.56 Å². The zero-order chi connectivity index (χ0) is 18.4. The molecule has 1 fully saturated rings. The Morgan fingerprint density at radius 1 is 1.32 bits per heavy atom. The zero-order valence-electron chi connectivity index (χ0n) is 13.6. The highest BCUT2D eigenvalue weighted by Crippen LogP contribution is 2.31. The molecule has 25 heavy (non-hydrogen) atoms. The summed E-state index contributed by atoms with van der Waals surface area (Å²) in [5.41, 5.74) is 0.297. The van der Waals surface area contributed by atoms with Crippen molar-refractivity contribution >= 4 is 12.3 Å². The van der Waals surface area contributed by atoms with Crippen molar-refractivity contribution in [3.63, 3.8) is 0 Å². The van der Waals surface area contributed by atoms with E-state index in [1.54, 1.807) is 6.20 Å². The molecule has 3 heterocycles. The van der Waals surface area contributed by atoms with Gasteiger partial charge in [-0.3, -0.25) is 4.79 Å². The van der Waals surface area contributed by atoms with Crippen LogP contribution in [-0.2, 0) is 11.0 Å². The predicted octanol–water partition coefficient (Wildman–Crippen LogP) is 3.22. The van der Waals surface area contributed by atoms with E-state index in [1.165, 1.54) is 6.07 Å². The van der Waals surface area contributed by atoms with Gasteiger partial charge in [0.25, 0.3) is 6.47 Å². The molecule has 6 nitrogen and oxygen atoms in total. The van der Waals surface area contributed by atoms with Crippen molar-refractivity contribution in [3.8, 4) is 0 Å². The maximum atomic E-state index is 12.6. The van der Waals surface area contributed by atoms with Gasteiger partial charge >= 0.3 is 6.18 Å². The number of anilines is 1. The van der Waals surface area contributed by atoms with Crippen LogP contribution < -0.4 is 4.90 Å². The van der Waals surface area contributed by atoms with E-state index >= 15 is 0 Å². The molecule has 0 saturated carbocycles. The number of hydrogen-bond donors (Lipinski definition) is 2. The molecule has 2 N–H and O–H groups in total. The summed E-state index contributed by atoms with van der Waals surface area (Å²) < 4.78 is 37.7. The Morgan fingerprint density at radius 3 is 2.56 bits per heavy atom. The Morgan fingerprint density at radius 2 is 2.04 bits per heavy atom. The predicted molar refractivity (Wildman–Crippen MR) is 85.4 cm³/mol. The monoisotopic (exact) mass is 356 g/mol. The average Bonchev–Trinajstić information content (AvgIpc) is 3.02. The number of rotatable bonds is 2. The van der Waals surface area contributed by atoms with Gasteiger partial charge in [0.15, 0.2) is 0 Å². The van der Waals surface area contributed by atoms with Crippen LogP contribution in [-0.4, -0.2) is 39.6 Å². The van der Waals surface area contributed by atoms with Crippen LogP contribution in [0.5, 0.6) is 0 Å². The van der Waals surface area contributed by atoms with Crippen LogP contribution >= 0.6 is 0 Å². The molecule has 9 heteroatoms. The highest BCUT2D eigenvalue weighted by molar-refractivity contribution is 5.41. The summed E-state index contributed by atoms with van der Waals surface area (Å²) in [6.07, 6.45) is 0.333. The second-order valence-electron chi connectivity index (χ2n) is 5.74. The second kappa shape index (κ2) is 8.00. The number of nitrogens with zero attached hydrogens (tertiary/aromatic N) is 3. The normalized spacial score (nSPS) is 17.6. The van der Waals surface area contributed by atoms with Gasteiger partial charge in [-0.2, -0.15) is 13.2 Å². The molecule has 3 rings (SSSR count). The van der Waals surface area contributed by atoms with Gasteiger partial charge in [0, 0.05) is 37.1 Å². The van der Waals surface area contributed by atoms with Crippen LogP contribution in [0.2, 0.25) is 0 Å². The molecular weight excluding hydrogens is 337 g/mol. The number of alkyl halides is 3.